The van der Waals surface area contributed by atoms with E-state index in [1.54, 1.807) is 24.5 Å². The standard InChI is InChI=1S/C22H23N3O4/c26-21(14-5-7-23-8-6-14)24-10-16-13-28-20-12-25(11-17(16)20)22(27)19-9-15-3-1-2-4-18(15)29-19/h1-8,16-17,19-20H,9-13H2,(H,24,26)/t16-,17+,19+,20+/m0/s1. The summed E-state index contributed by atoms with van der Waals surface area (Å²) in [6, 6.07) is 11.2. The first-order chi connectivity index (χ1) is 14.2. The van der Waals surface area contributed by atoms with Gasteiger partial charge in [0.05, 0.1) is 12.7 Å². The lowest BCUT2D eigenvalue weighted by atomic mass is 9.93. The number of hydrogen-bond donors (Lipinski definition) is 1. The number of para-hydroxylation sites is 1. The highest BCUT2D eigenvalue weighted by Gasteiger charge is 2.47. The molecule has 4 atom stereocenters. The monoisotopic (exact) mass is 393 g/mol. The zero-order valence-corrected chi connectivity index (χ0v) is 16.0. The van der Waals surface area contributed by atoms with Crippen molar-refractivity contribution in [2.45, 2.75) is 18.6 Å². The second-order valence-corrected chi connectivity index (χ2v) is 7.90. The number of hydrogen-bond acceptors (Lipinski definition) is 5. The highest BCUT2D eigenvalue weighted by atomic mass is 16.5. The summed E-state index contributed by atoms with van der Waals surface area (Å²) in [6.45, 7) is 2.39. The molecule has 2 aromatic rings. The summed E-state index contributed by atoms with van der Waals surface area (Å²) in [4.78, 5) is 31.1. The number of ether oxygens (including phenoxy) is 2. The van der Waals surface area contributed by atoms with Crippen LogP contribution in [0.15, 0.2) is 48.8 Å². The Bertz CT molecular complexity index is 894. The molecule has 5 rings (SSSR count). The fourth-order valence-electron chi connectivity index (χ4n) is 4.54. The summed E-state index contributed by atoms with van der Waals surface area (Å²) in [6.07, 6.45) is 3.41. The third kappa shape index (κ3) is 3.46. The SMILES string of the molecule is O=C(NC[C@H]1CO[C@@H]2CN(C(=O)[C@H]3Cc4ccccc4O3)C[C@H]12)c1ccncc1. The number of nitrogens with one attached hydrogen (secondary N) is 1. The molecule has 150 valence electrons. The smallest absolute Gasteiger partial charge is 0.264 e. The van der Waals surface area contributed by atoms with Gasteiger partial charge in [-0.15, -0.1) is 0 Å². The van der Waals surface area contributed by atoms with E-state index < -0.39 is 6.10 Å². The molecule has 2 saturated heterocycles. The Kier molecular flexibility index (Phi) is 4.67. The molecule has 0 aliphatic carbocycles. The van der Waals surface area contributed by atoms with Crippen LogP contribution in [0.5, 0.6) is 5.75 Å². The van der Waals surface area contributed by atoms with Gasteiger partial charge in [-0.3, -0.25) is 14.6 Å². The van der Waals surface area contributed by atoms with Gasteiger partial charge in [-0.2, -0.15) is 0 Å². The summed E-state index contributed by atoms with van der Waals surface area (Å²) in [5.74, 6) is 1.15. The fourth-order valence-corrected chi connectivity index (χ4v) is 4.54. The van der Waals surface area contributed by atoms with E-state index in [2.05, 4.69) is 10.3 Å². The summed E-state index contributed by atoms with van der Waals surface area (Å²) >= 11 is 0. The molecule has 0 unspecified atom stereocenters. The molecule has 1 aromatic carbocycles. The molecule has 2 fully saturated rings. The molecule has 0 bridgehead atoms. The van der Waals surface area contributed by atoms with E-state index in [1.807, 2.05) is 29.2 Å². The largest absolute Gasteiger partial charge is 0.480 e. The first-order valence-corrected chi connectivity index (χ1v) is 10.0. The number of carbonyl (C=O) groups is 2. The zero-order valence-electron chi connectivity index (χ0n) is 16.0. The van der Waals surface area contributed by atoms with Crippen molar-refractivity contribution >= 4 is 11.8 Å². The van der Waals surface area contributed by atoms with Crippen LogP contribution in [0.4, 0.5) is 0 Å². The summed E-state index contributed by atoms with van der Waals surface area (Å²) in [5.41, 5.74) is 1.68. The second kappa shape index (κ2) is 7.48. The highest BCUT2D eigenvalue weighted by Crippen LogP contribution is 2.35. The minimum atomic E-state index is -0.448. The van der Waals surface area contributed by atoms with Crippen molar-refractivity contribution in [3.8, 4) is 5.75 Å². The molecule has 0 spiro atoms. The van der Waals surface area contributed by atoms with E-state index in [-0.39, 0.29) is 29.8 Å². The van der Waals surface area contributed by atoms with Crippen molar-refractivity contribution in [3.63, 3.8) is 0 Å². The molecule has 7 nitrogen and oxygen atoms in total. The molecule has 1 N–H and O–H groups in total. The van der Waals surface area contributed by atoms with Gasteiger partial charge in [0.1, 0.15) is 5.75 Å². The molecule has 3 aliphatic rings. The minimum absolute atomic E-state index is 0.0266. The van der Waals surface area contributed by atoms with Crippen molar-refractivity contribution in [2.75, 3.05) is 26.2 Å². The number of carbonyl (C=O) groups excluding carboxylic acids is 2. The van der Waals surface area contributed by atoms with Crippen molar-refractivity contribution < 1.29 is 19.1 Å². The lowest BCUT2D eigenvalue weighted by Crippen LogP contribution is -2.41. The van der Waals surface area contributed by atoms with Crippen LogP contribution >= 0.6 is 0 Å². The van der Waals surface area contributed by atoms with E-state index >= 15 is 0 Å². The molecule has 2 amide bonds. The number of nitrogens with zero attached hydrogens (tertiary/aromatic N) is 2. The van der Waals surface area contributed by atoms with Gasteiger partial charge in [0.15, 0.2) is 6.10 Å². The zero-order chi connectivity index (χ0) is 19.8. The number of pyridine rings is 1. The Balaban J connectivity index is 1.17. The van der Waals surface area contributed by atoms with E-state index in [0.29, 0.717) is 38.2 Å². The van der Waals surface area contributed by atoms with Gasteiger partial charge in [0.25, 0.3) is 11.8 Å². The van der Waals surface area contributed by atoms with E-state index in [4.69, 9.17) is 9.47 Å². The molecular formula is C22H23N3O4. The van der Waals surface area contributed by atoms with Gasteiger partial charge in [-0.25, -0.2) is 0 Å². The maximum atomic E-state index is 13.0. The first-order valence-electron chi connectivity index (χ1n) is 10.0. The van der Waals surface area contributed by atoms with Gasteiger partial charge in [-0.05, 0) is 23.8 Å². The van der Waals surface area contributed by atoms with Crippen molar-refractivity contribution in [3.05, 3.63) is 59.9 Å². The lowest BCUT2D eigenvalue weighted by Gasteiger charge is -2.22. The molecule has 1 aromatic heterocycles. The maximum absolute atomic E-state index is 13.0. The average molecular weight is 393 g/mol. The van der Waals surface area contributed by atoms with E-state index in [1.165, 1.54) is 0 Å². The quantitative estimate of drug-likeness (QED) is 0.847. The number of likely N-dealkylation sites (tertiary alicyclic amines) is 1. The third-order valence-corrected chi connectivity index (χ3v) is 6.14. The van der Waals surface area contributed by atoms with Gasteiger partial charge in [0, 0.05) is 55.8 Å². The van der Waals surface area contributed by atoms with Crippen LogP contribution in [0.1, 0.15) is 15.9 Å². The van der Waals surface area contributed by atoms with Crippen LogP contribution in [0.3, 0.4) is 0 Å². The average Bonchev–Trinajstić information content (AvgIpc) is 3.46. The predicted octanol–water partition coefficient (Wildman–Crippen LogP) is 1.29. The number of rotatable bonds is 4. The van der Waals surface area contributed by atoms with Crippen LogP contribution in [0.25, 0.3) is 0 Å². The van der Waals surface area contributed by atoms with Crippen molar-refractivity contribution in [2.24, 2.45) is 11.8 Å². The number of amides is 2. The van der Waals surface area contributed by atoms with Crippen LogP contribution in [-0.4, -0.2) is 60.1 Å². The fraction of sp³-hybridized carbons (Fsp3) is 0.409. The van der Waals surface area contributed by atoms with E-state index in [0.717, 1.165) is 11.3 Å². The Morgan fingerprint density at radius 2 is 1.97 bits per heavy atom. The van der Waals surface area contributed by atoms with Crippen LogP contribution in [0.2, 0.25) is 0 Å². The van der Waals surface area contributed by atoms with Gasteiger partial charge >= 0.3 is 0 Å². The Labute approximate surface area is 169 Å². The number of benzene rings is 1. The topological polar surface area (TPSA) is 80.8 Å². The summed E-state index contributed by atoms with van der Waals surface area (Å²) < 4.78 is 11.8. The summed E-state index contributed by atoms with van der Waals surface area (Å²) in [5, 5.41) is 2.99. The van der Waals surface area contributed by atoms with E-state index in [9.17, 15) is 9.59 Å². The van der Waals surface area contributed by atoms with Crippen LogP contribution in [0, 0.1) is 11.8 Å². The Morgan fingerprint density at radius 3 is 2.79 bits per heavy atom. The summed E-state index contributed by atoms with van der Waals surface area (Å²) in [7, 11) is 0. The molecule has 29 heavy (non-hydrogen) atoms. The van der Waals surface area contributed by atoms with Gasteiger partial charge < -0.3 is 19.7 Å². The second-order valence-electron chi connectivity index (χ2n) is 7.90. The van der Waals surface area contributed by atoms with Crippen LogP contribution < -0.4 is 10.1 Å². The number of fused-ring (bicyclic) bond motifs is 2. The Hall–Kier alpha value is -2.93. The van der Waals surface area contributed by atoms with Gasteiger partial charge in [0.2, 0.25) is 0 Å². The molecule has 3 aliphatic heterocycles. The highest BCUT2D eigenvalue weighted by molar-refractivity contribution is 5.93. The first kappa shape index (κ1) is 18.1. The molecular weight excluding hydrogens is 370 g/mol. The molecule has 4 heterocycles. The van der Waals surface area contributed by atoms with Crippen molar-refractivity contribution in [1.82, 2.24) is 15.2 Å². The van der Waals surface area contributed by atoms with Crippen LogP contribution in [-0.2, 0) is 16.0 Å². The number of aromatic nitrogens is 1. The maximum Gasteiger partial charge on any atom is 0.264 e. The third-order valence-electron chi connectivity index (χ3n) is 6.14. The van der Waals surface area contributed by atoms with Gasteiger partial charge in [-0.1, -0.05) is 18.2 Å². The van der Waals surface area contributed by atoms with Crippen molar-refractivity contribution in [1.29, 1.82) is 0 Å². The molecule has 0 radical (unpaired) electrons. The molecule has 0 saturated carbocycles. The minimum Gasteiger partial charge on any atom is -0.480 e. The Morgan fingerprint density at radius 1 is 1.14 bits per heavy atom. The molecule has 7 heteroatoms. The normalized spacial score (nSPS) is 27.2. The lowest BCUT2D eigenvalue weighted by molar-refractivity contribution is -0.137. The predicted molar refractivity (Wildman–Crippen MR) is 104 cm³/mol.